The Morgan fingerprint density at radius 1 is 1.16 bits per heavy atom. The molecule has 1 aliphatic heterocycles. The van der Waals surface area contributed by atoms with Crippen LogP contribution < -0.4 is 11.1 Å². The lowest BCUT2D eigenvalue weighted by Gasteiger charge is -2.26. The number of nitrogens with zero attached hydrogens (tertiary/aromatic N) is 1. The summed E-state index contributed by atoms with van der Waals surface area (Å²) in [5, 5.41) is 3.52. The number of hydrogen-bond acceptors (Lipinski definition) is 4. The van der Waals surface area contributed by atoms with E-state index in [1.165, 1.54) is 5.56 Å². The van der Waals surface area contributed by atoms with Gasteiger partial charge in [0.15, 0.2) is 5.17 Å². The predicted molar refractivity (Wildman–Crippen MR) is 105 cm³/mol. The van der Waals surface area contributed by atoms with E-state index in [0.29, 0.717) is 5.17 Å². The molecule has 1 unspecified atom stereocenters. The summed E-state index contributed by atoms with van der Waals surface area (Å²) in [4.78, 5) is 17.1. The van der Waals surface area contributed by atoms with Crippen LogP contribution in [-0.4, -0.2) is 22.4 Å². The Kier molecular flexibility index (Phi) is 4.97. The normalized spacial score (nSPS) is 20.2. The molecule has 1 atom stereocenters. The molecule has 0 bridgehead atoms. The van der Waals surface area contributed by atoms with Crippen molar-refractivity contribution >= 4 is 22.8 Å². The molecule has 3 rings (SSSR count). The Balaban J connectivity index is 1.92. The highest BCUT2D eigenvalue weighted by molar-refractivity contribution is 8.14. The molecule has 130 valence electrons. The van der Waals surface area contributed by atoms with Gasteiger partial charge in [-0.3, -0.25) is 4.79 Å². The Morgan fingerprint density at radius 3 is 2.36 bits per heavy atom. The van der Waals surface area contributed by atoms with Crippen molar-refractivity contribution in [3.05, 3.63) is 71.8 Å². The molecule has 2 aromatic carbocycles. The summed E-state index contributed by atoms with van der Waals surface area (Å²) < 4.78 is 0. The van der Waals surface area contributed by atoms with Gasteiger partial charge < -0.3 is 11.1 Å². The van der Waals surface area contributed by atoms with Gasteiger partial charge in [-0.25, -0.2) is 4.99 Å². The van der Waals surface area contributed by atoms with E-state index in [1.807, 2.05) is 36.4 Å². The average molecular weight is 353 g/mol. The van der Waals surface area contributed by atoms with Gasteiger partial charge >= 0.3 is 0 Å². The minimum absolute atomic E-state index is 0.220. The summed E-state index contributed by atoms with van der Waals surface area (Å²) in [6.07, 6.45) is 0.788. The molecule has 1 amide bonds. The first kappa shape index (κ1) is 17.7. The second-order valence-electron chi connectivity index (χ2n) is 6.94. The standard InChI is InChI=1S/C20H23N3OS/c1-19(2,21)17(24)22-18-23-20(14-25-18,16-11-7-4-8-12-16)13-15-9-5-3-6-10-15/h3-12H,13-14,21H2,1-2H3,(H,22,23,24). The first-order chi connectivity index (χ1) is 11.9. The number of benzene rings is 2. The summed E-state index contributed by atoms with van der Waals surface area (Å²) >= 11 is 1.57. The van der Waals surface area contributed by atoms with Gasteiger partial charge in [0.1, 0.15) is 5.54 Å². The molecule has 0 aliphatic carbocycles. The van der Waals surface area contributed by atoms with Crippen molar-refractivity contribution in [2.75, 3.05) is 5.75 Å². The second-order valence-corrected chi connectivity index (χ2v) is 7.91. The maximum atomic E-state index is 12.2. The van der Waals surface area contributed by atoms with Crippen LogP contribution in [0.2, 0.25) is 0 Å². The Labute approximate surface area is 152 Å². The molecule has 3 N–H and O–H groups in total. The summed E-state index contributed by atoms with van der Waals surface area (Å²) in [6, 6.07) is 20.6. The molecular weight excluding hydrogens is 330 g/mol. The molecule has 2 aromatic rings. The van der Waals surface area contributed by atoms with Gasteiger partial charge in [0, 0.05) is 12.2 Å². The fourth-order valence-electron chi connectivity index (χ4n) is 2.79. The number of thioether (sulfide) groups is 1. The van der Waals surface area contributed by atoms with E-state index in [4.69, 9.17) is 10.7 Å². The van der Waals surface area contributed by atoms with Crippen molar-refractivity contribution in [3.8, 4) is 0 Å². The van der Waals surface area contributed by atoms with Crippen molar-refractivity contribution < 1.29 is 4.79 Å². The van der Waals surface area contributed by atoms with Crippen LogP contribution in [0.4, 0.5) is 0 Å². The lowest BCUT2D eigenvalue weighted by Crippen LogP contribution is -2.50. The summed E-state index contributed by atoms with van der Waals surface area (Å²) in [5.74, 6) is 0.564. The van der Waals surface area contributed by atoms with Gasteiger partial charge in [-0.1, -0.05) is 72.4 Å². The summed E-state index contributed by atoms with van der Waals surface area (Å²) in [7, 11) is 0. The molecule has 5 heteroatoms. The van der Waals surface area contributed by atoms with Crippen LogP contribution in [-0.2, 0) is 16.8 Å². The molecule has 1 aliphatic rings. The Morgan fingerprint density at radius 2 is 1.76 bits per heavy atom. The topological polar surface area (TPSA) is 67.5 Å². The molecule has 0 spiro atoms. The number of nitrogens with one attached hydrogen (secondary N) is 1. The number of nitrogens with two attached hydrogens (primary N) is 1. The SMILES string of the molecule is CC(C)(N)C(=O)NC1=NC(Cc2ccccc2)(c2ccccc2)CS1. The summed E-state index contributed by atoms with van der Waals surface area (Å²) in [6.45, 7) is 3.38. The number of rotatable bonds is 4. The molecule has 4 nitrogen and oxygen atoms in total. The molecular formula is C20H23N3OS. The molecule has 0 fully saturated rings. The van der Waals surface area contributed by atoms with Gasteiger partial charge in [0.2, 0.25) is 5.91 Å². The van der Waals surface area contributed by atoms with Gasteiger partial charge in [-0.2, -0.15) is 0 Å². The van der Waals surface area contributed by atoms with E-state index in [0.717, 1.165) is 17.7 Å². The fourth-order valence-corrected chi connectivity index (χ4v) is 3.90. The van der Waals surface area contributed by atoms with Gasteiger partial charge in [0.05, 0.1) is 5.54 Å². The van der Waals surface area contributed by atoms with E-state index in [-0.39, 0.29) is 11.4 Å². The molecule has 0 aromatic heterocycles. The van der Waals surface area contributed by atoms with Crippen LogP contribution in [0.1, 0.15) is 25.0 Å². The highest BCUT2D eigenvalue weighted by Crippen LogP contribution is 2.39. The van der Waals surface area contributed by atoms with Crippen molar-refractivity contribution in [2.24, 2.45) is 10.7 Å². The minimum Gasteiger partial charge on any atom is -0.318 e. The predicted octanol–water partition coefficient (Wildman–Crippen LogP) is 3.08. The number of aliphatic imine (C=N–C) groups is 1. The van der Waals surface area contributed by atoms with Gasteiger partial charge in [-0.05, 0) is 25.0 Å². The first-order valence-electron chi connectivity index (χ1n) is 8.31. The lowest BCUT2D eigenvalue weighted by molar-refractivity contribution is -0.123. The Hall–Kier alpha value is -2.11. The number of carbonyl (C=O) groups is 1. The first-order valence-corrected chi connectivity index (χ1v) is 9.30. The zero-order valence-corrected chi connectivity index (χ0v) is 15.3. The van der Waals surface area contributed by atoms with E-state index in [2.05, 4.69) is 29.6 Å². The molecule has 1 heterocycles. The average Bonchev–Trinajstić information content (AvgIpc) is 2.99. The van der Waals surface area contributed by atoms with Crippen LogP contribution in [0.3, 0.4) is 0 Å². The number of hydrogen-bond donors (Lipinski definition) is 2. The van der Waals surface area contributed by atoms with Gasteiger partial charge in [0.25, 0.3) is 0 Å². The van der Waals surface area contributed by atoms with E-state index >= 15 is 0 Å². The number of amidine groups is 1. The minimum atomic E-state index is -0.930. The molecule has 25 heavy (non-hydrogen) atoms. The van der Waals surface area contributed by atoms with Crippen LogP contribution >= 0.6 is 11.8 Å². The largest absolute Gasteiger partial charge is 0.318 e. The maximum absolute atomic E-state index is 12.2. The zero-order valence-electron chi connectivity index (χ0n) is 14.5. The molecule has 0 saturated heterocycles. The van der Waals surface area contributed by atoms with Crippen LogP contribution in [0.25, 0.3) is 0 Å². The number of amides is 1. The van der Waals surface area contributed by atoms with Crippen molar-refractivity contribution in [1.82, 2.24) is 5.32 Å². The quantitative estimate of drug-likeness (QED) is 0.888. The highest BCUT2D eigenvalue weighted by atomic mass is 32.2. The third-order valence-corrected chi connectivity index (χ3v) is 5.31. The van der Waals surface area contributed by atoms with Crippen LogP contribution in [0.5, 0.6) is 0 Å². The van der Waals surface area contributed by atoms with E-state index < -0.39 is 5.54 Å². The highest BCUT2D eigenvalue weighted by Gasteiger charge is 2.38. The Bertz CT molecular complexity index is 769. The van der Waals surface area contributed by atoms with Crippen molar-refractivity contribution in [1.29, 1.82) is 0 Å². The monoisotopic (exact) mass is 353 g/mol. The van der Waals surface area contributed by atoms with Crippen molar-refractivity contribution in [2.45, 2.75) is 31.3 Å². The smallest absolute Gasteiger partial charge is 0.245 e. The van der Waals surface area contributed by atoms with Crippen LogP contribution in [0.15, 0.2) is 65.7 Å². The van der Waals surface area contributed by atoms with Crippen molar-refractivity contribution in [3.63, 3.8) is 0 Å². The van der Waals surface area contributed by atoms with E-state index in [9.17, 15) is 4.79 Å². The lowest BCUT2D eigenvalue weighted by atomic mass is 9.86. The third-order valence-electron chi connectivity index (χ3n) is 4.22. The molecule has 0 radical (unpaired) electrons. The maximum Gasteiger partial charge on any atom is 0.245 e. The number of carbonyl (C=O) groups excluding carboxylic acids is 1. The summed E-state index contributed by atoms with van der Waals surface area (Å²) in [5.41, 5.74) is 6.95. The molecule has 0 saturated carbocycles. The zero-order chi connectivity index (χ0) is 17.9. The fraction of sp³-hybridized carbons (Fsp3) is 0.300. The van der Waals surface area contributed by atoms with E-state index in [1.54, 1.807) is 25.6 Å². The second kappa shape index (κ2) is 7.02. The van der Waals surface area contributed by atoms with Crippen LogP contribution in [0, 0.1) is 0 Å². The third kappa shape index (κ3) is 4.11. The van der Waals surface area contributed by atoms with Gasteiger partial charge in [-0.15, -0.1) is 0 Å².